The topological polar surface area (TPSA) is 237 Å². The van der Waals surface area contributed by atoms with Crippen LogP contribution in [-0.4, -0.2) is 96.7 Å². The molecule has 0 aliphatic heterocycles. The molecule has 0 spiro atoms. The summed E-state index contributed by atoms with van der Waals surface area (Å²) >= 11 is 0. The minimum atomic E-state index is -4.98. The molecule has 0 aromatic rings. The van der Waals surface area contributed by atoms with Gasteiger partial charge in [0.25, 0.3) is 0 Å². The summed E-state index contributed by atoms with van der Waals surface area (Å²) in [5, 5.41) is 10.6. The van der Waals surface area contributed by atoms with E-state index in [9.17, 15) is 43.2 Å². The van der Waals surface area contributed by atoms with E-state index in [1.165, 1.54) is 122 Å². The number of aliphatic hydroxyl groups excluding tert-OH is 1. The third-order valence-corrected chi connectivity index (χ3v) is 19.0. The Labute approximate surface area is 609 Å². The predicted molar refractivity (Wildman–Crippen MR) is 409 cm³/mol. The monoisotopic (exact) mass is 1450 g/mol. The van der Waals surface area contributed by atoms with Crippen molar-refractivity contribution in [3.05, 3.63) is 72.9 Å². The van der Waals surface area contributed by atoms with E-state index < -0.39 is 97.5 Å². The predicted octanol–water partition coefficient (Wildman–Crippen LogP) is 23.2. The highest BCUT2D eigenvalue weighted by atomic mass is 31.2. The third-order valence-electron chi connectivity index (χ3n) is 17.1. The molecule has 0 aliphatic rings. The van der Waals surface area contributed by atoms with Gasteiger partial charge >= 0.3 is 39.5 Å². The van der Waals surface area contributed by atoms with Gasteiger partial charge in [-0.2, -0.15) is 0 Å². The lowest BCUT2D eigenvalue weighted by Gasteiger charge is -2.21. The fraction of sp³-hybridized carbons (Fsp3) is 0.802. The number of rotatable bonds is 76. The van der Waals surface area contributed by atoms with Gasteiger partial charge in [0, 0.05) is 25.7 Å². The van der Waals surface area contributed by atoms with Gasteiger partial charge in [0.05, 0.1) is 26.4 Å². The van der Waals surface area contributed by atoms with Crippen molar-refractivity contribution in [2.45, 2.75) is 380 Å². The quantitative estimate of drug-likeness (QED) is 0.0169. The maximum absolute atomic E-state index is 13.1. The van der Waals surface area contributed by atoms with Crippen LogP contribution in [0.15, 0.2) is 72.9 Å². The average Bonchev–Trinajstić information content (AvgIpc) is 1.01. The van der Waals surface area contributed by atoms with Crippen LogP contribution in [0.2, 0.25) is 0 Å². The Morgan fingerprint density at radius 1 is 0.280 bits per heavy atom. The molecule has 0 fully saturated rings. The zero-order chi connectivity index (χ0) is 73.2. The number of hydrogen-bond donors (Lipinski definition) is 3. The van der Waals surface area contributed by atoms with Gasteiger partial charge in [-0.05, 0) is 122 Å². The number of carbonyl (C=O) groups excluding carboxylic acids is 4. The van der Waals surface area contributed by atoms with E-state index in [2.05, 4.69) is 101 Å². The lowest BCUT2D eigenvalue weighted by Crippen LogP contribution is -2.30. The molecule has 0 radical (unpaired) electrons. The maximum Gasteiger partial charge on any atom is 0.472 e. The first-order chi connectivity index (χ1) is 48.7. The smallest absolute Gasteiger partial charge is 0.462 e. The lowest BCUT2D eigenvalue weighted by molar-refractivity contribution is -0.161. The fourth-order valence-corrected chi connectivity index (χ4v) is 12.5. The number of esters is 4. The summed E-state index contributed by atoms with van der Waals surface area (Å²) in [4.78, 5) is 73.0. The van der Waals surface area contributed by atoms with E-state index in [0.29, 0.717) is 25.7 Å². The van der Waals surface area contributed by atoms with Crippen LogP contribution in [0.25, 0.3) is 0 Å². The molecule has 0 aromatic carbocycles. The average molecular weight is 1450 g/mol. The molecule has 0 heterocycles. The van der Waals surface area contributed by atoms with Gasteiger partial charge in [0.1, 0.15) is 19.3 Å². The van der Waals surface area contributed by atoms with E-state index >= 15 is 0 Å². The molecule has 3 N–H and O–H groups in total. The normalized spacial score (nSPS) is 14.3. The molecule has 0 rings (SSSR count). The second-order valence-electron chi connectivity index (χ2n) is 27.0. The van der Waals surface area contributed by atoms with Crippen LogP contribution in [0.4, 0.5) is 0 Å². The van der Waals surface area contributed by atoms with Crippen LogP contribution in [0.3, 0.4) is 0 Å². The molecule has 0 amide bonds. The van der Waals surface area contributed by atoms with Crippen molar-refractivity contribution < 1.29 is 80.2 Å². The number of hydrogen-bond acceptors (Lipinski definition) is 15. The van der Waals surface area contributed by atoms with Gasteiger partial charge in [0.2, 0.25) is 0 Å². The Bertz CT molecular complexity index is 2180. The second kappa shape index (κ2) is 73.8. The maximum atomic E-state index is 13.1. The fourth-order valence-electron chi connectivity index (χ4n) is 11.0. The number of allylic oxidation sites excluding steroid dienone is 12. The van der Waals surface area contributed by atoms with Crippen LogP contribution in [0.5, 0.6) is 0 Å². The van der Waals surface area contributed by atoms with Crippen molar-refractivity contribution in [3.8, 4) is 0 Å². The molecule has 17 nitrogen and oxygen atoms in total. The van der Waals surface area contributed by atoms with Crippen LogP contribution in [0.1, 0.15) is 362 Å². The SMILES string of the molecule is CCCCC/C=C\C/C=C\CCCCCCCC(=O)OC[C@H](COP(=O)(O)OC[C@H](O)COP(=O)(O)OC[C@@H](COC(=O)CCCCCCC/C=C\C/C=C\CCCCC)OC(=O)CCCCCCCCCCCCCCCCC)OC(=O)CCCCCCC/C=C\C/C=C\CCCCC. The molecule has 0 aliphatic carbocycles. The Hall–Kier alpha value is -3.50. The molecule has 2 unspecified atom stereocenters. The molecule has 0 saturated carbocycles. The Kier molecular flexibility index (Phi) is 71.2. The van der Waals surface area contributed by atoms with E-state index in [0.717, 1.165) is 161 Å². The molecule has 5 atom stereocenters. The van der Waals surface area contributed by atoms with Crippen LogP contribution in [-0.2, 0) is 65.4 Å². The third kappa shape index (κ3) is 72.8. The van der Waals surface area contributed by atoms with Crippen LogP contribution >= 0.6 is 15.6 Å². The van der Waals surface area contributed by atoms with Crippen LogP contribution < -0.4 is 0 Å². The molecule has 0 saturated heterocycles. The first kappa shape index (κ1) is 96.5. The number of aliphatic hydroxyl groups is 1. The van der Waals surface area contributed by atoms with Gasteiger partial charge < -0.3 is 33.8 Å². The first-order valence-electron chi connectivity index (χ1n) is 40.2. The highest BCUT2D eigenvalue weighted by Crippen LogP contribution is 2.45. The van der Waals surface area contributed by atoms with E-state index in [1.807, 2.05) is 0 Å². The molecular formula is C81H146O17P2. The molecule has 19 heteroatoms. The van der Waals surface area contributed by atoms with Crippen LogP contribution in [0, 0.1) is 0 Å². The number of phosphoric ester groups is 2. The number of phosphoric acid groups is 2. The summed E-state index contributed by atoms with van der Waals surface area (Å²) in [6, 6.07) is 0. The number of unbranched alkanes of at least 4 members (excludes halogenated alkanes) is 38. The lowest BCUT2D eigenvalue weighted by atomic mass is 10.0. The summed E-state index contributed by atoms with van der Waals surface area (Å²) in [5.74, 6) is -2.19. The van der Waals surface area contributed by atoms with Gasteiger partial charge in [-0.15, -0.1) is 0 Å². The minimum absolute atomic E-state index is 0.0782. The van der Waals surface area contributed by atoms with Gasteiger partial charge in [-0.3, -0.25) is 37.3 Å². The highest BCUT2D eigenvalue weighted by molar-refractivity contribution is 7.47. The highest BCUT2D eigenvalue weighted by Gasteiger charge is 2.30. The molecule has 0 aromatic heterocycles. The van der Waals surface area contributed by atoms with Crippen molar-refractivity contribution >= 4 is 39.5 Å². The van der Waals surface area contributed by atoms with E-state index in [4.69, 9.17) is 37.0 Å². The molecule has 582 valence electrons. The van der Waals surface area contributed by atoms with Crippen molar-refractivity contribution in [1.82, 2.24) is 0 Å². The van der Waals surface area contributed by atoms with Crippen molar-refractivity contribution in [1.29, 1.82) is 0 Å². The number of carbonyl (C=O) groups is 4. The summed E-state index contributed by atoms with van der Waals surface area (Å²) in [6.45, 7) is 4.81. The Morgan fingerprint density at radius 2 is 0.490 bits per heavy atom. The molecule has 0 bridgehead atoms. The molecular weight excluding hydrogens is 1310 g/mol. The summed E-state index contributed by atoms with van der Waals surface area (Å²) in [6.07, 6.45) is 74.4. The Morgan fingerprint density at radius 3 is 0.760 bits per heavy atom. The Balaban J connectivity index is 5.36. The standard InChI is InChI=1S/C81H146O17P2/c1-5-9-13-17-21-25-29-33-37-41-45-49-53-57-61-65-78(83)91-71-76(97-80(85)67-63-59-55-51-47-43-39-35-31-27-23-19-15-11-7-3)73-95-99(87,88)93-69-75(82)70-94-100(89,90)96-74-77(98-81(86)68-64-60-56-52-48-44-40-36-32-28-24-20-16-12-8-4)72-92-79(84)66-62-58-54-50-46-42-38-34-30-26-22-18-14-10-6-2/h21-23,25-27,33-35,37-39,75-77,82H,5-20,24,28-32,36,40-74H2,1-4H3,(H,87,88)(H,89,90)/b25-21-,26-22-,27-23-,37-33-,38-34-,39-35-/t75-,76+,77+/m0/s1. The second-order valence-corrected chi connectivity index (χ2v) is 29.9. The van der Waals surface area contributed by atoms with Gasteiger partial charge in [0.15, 0.2) is 12.2 Å². The summed E-state index contributed by atoms with van der Waals surface area (Å²) in [5.41, 5.74) is 0. The van der Waals surface area contributed by atoms with E-state index in [1.54, 1.807) is 0 Å². The zero-order valence-corrected chi connectivity index (χ0v) is 65.4. The minimum Gasteiger partial charge on any atom is -0.462 e. The van der Waals surface area contributed by atoms with Gasteiger partial charge in [-0.1, -0.05) is 287 Å². The van der Waals surface area contributed by atoms with Crippen molar-refractivity contribution in [3.63, 3.8) is 0 Å². The summed E-state index contributed by atoms with van der Waals surface area (Å²) in [7, 11) is -9.95. The largest absolute Gasteiger partial charge is 0.472 e. The van der Waals surface area contributed by atoms with Gasteiger partial charge in [-0.25, -0.2) is 9.13 Å². The number of ether oxygens (including phenoxy) is 4. The first-order valence-corrected chi connectivity index (χ1v) is 43.2. The van der Waals surface area contributed by atoms with E-state index in [-0.39, 0.29) is 25.7 Å². The van der Waals surface area contributed by atoms with Crippen molar-refractivity contribution in [2.24, 2.45) is 0 Å². The molecule has 100 heavy (non-hydrogen) atoms. The zero-order valence-electron chi connectivity index (χ0n) is 63.6. The van der Waals surface area contributed by atoms with Crippen molar-refractivity contribution in [2.75, 3.05) is 39.6 Å². The summed E-state index contributed by atoms with van der Waals surface area (Å²) < 4.78 is 68.6.